The van der Waals surface area contributed by atoms with Crippen molar-refractivity contribution in [3.63, 3.8) is 0 Å². The van der Waals surface area contributed by atoms with E-state index in [0.717, 1.165) is 18.7 Å². The third-order valence-corrected chi connectivity index (χ3v) is 7.04. The molecule has 0 bridgehead atoms. The monoisotopic (exact) mass is 521 g/mol. The van der Waals surface area contributed by atoms with Gasteiger partial charge in [-0.2, -0.15) is 4.98 Å². The van der Waals surface area contributed by atoms with Crippen LogP contribution in [0.1, 0.15) is 33.3 Å². The molecular weight excluding hydrogens is 493 g/mol. The van der Waals surface area contributed by atoms with Gasteiger partial charge in [0.25, 0.3) is 0 Å². The highest BCUT2D eigenvalue weighted by Crippen LogP contribution is 2.39. The van der Waals surface area contributed by atoms with Crippen LogP contribution in [-0.4, -0.2) is 45.3 Å². The lowest BCUT2D eigenvalue weighted by Crippen LogP contribution is -2.50. The predicted molar refractivity (Wildman–Crippen MR) is 146 cm³/mol. The van der Waals surface area contributed by atoms with Crippen molar-refractivity contribution in [2.45, 2.75) is 39.2 Å². The summed E-state index contributed by atoms with van der Waals surface area (Å²) in [6.07, 6.45) is 0. The first-order valence-electron chi connectivity index (χ1n) is 12.3. The van der Waals surface area contributed by atoms with Crippen LogP contribution >= 0.6 is 11.6 Å². The number of benzene rings is 2. The SMILES string of the molecule is C[C@H]1CNCCN1c1nc(=O)n(-c2ccccc2C(C)(C)C)c2nc(-c3c(O)cccc3F)c(Cl)cc12. The van der Waals surface area contributed by atoms with Gasteiger partial charge in [-0.1, -0.05) is 56.6 Å². The van der Waals surface area contributed by atoms with Crippen LogP contribution in [0, 0.1) is 5.82 Å². The molecule has 0 spiro atoms. The summed E-state index contributed by atoms with van der Waals surface area (Å²) in [5, 5.41) is 14.6. The number of fused-ring (bicyclic) bond motifs is 1. The van der Waals surface area contributed by atoms with E-state index >= 15 is 0 Å². The quantitative estimate of drug-likeness (QED) is 0.393. The fraction of sp³-hybridized carbons (Fsp3) is 0.321. The number of phenolic OH excluding ortho intramolecular Hbond substituents is 1. The van der Waals surface area contributed by atoms with Crippen molar-refractivity contribution in [3.8, 4) is 22.7 Å². The lowest BCUT2D eigenvalue weighted by molar-refractivity contribution is 0.471. The number of halogens is 2. The van der Waals surface area contributed by atoms with Gasteiger partial charge in [0.1, 0.15) is 17.4 Å². The number of nitrogens with zero attached hydrogens (tertiary/aromatic N) is 4. The molecule has 37 heavy (non-hydrogen) atoms. The van der Waals surface area contributed by atoms with Crippen molar-refractivity contribution in [1.29, 1.82) is 0 Å². The Bertz CT molecular complexity index is 1540. The van der Waals surface area contributed by atoms with Gasteiger partial charge < -0.3 is 15.3 Å². The summed E-state index contributed by atoms with van der Waals surface area (Å²) in [5.41, 5.74) is 1.00. The fourth-order valence-corrected chi connectivity index (χ4v) is 5.17. The smallest absolute Gasteiger partial charge is 0.355 e. The number of aromatic nitrogens is 3. The number of anilines is 1. The molecule has 2 aromatic carbocycles. The number of pyridine rings is 1. The van der Waals surface area contributed by atoms with E-state index in [0.29, 0.717) is 29.1 Å². The summed E-state index contributed by atoms with van der Waals surface area (Å²) in [6.45, 7) is 10.4. The number of nitrogens with one attached hydrogen (secondary N) is 1. The lowest BCUT2D eigenvalue weighted by atomic mass is 9.85. The molecule has 192 valence electrons. The highest BCUT2D eigenvalue weighted by atomic mass is 35.5. The first-order chi connectivity index (χ1) is 17.6. The fourth-order valence-electron chi connectivity index (χ4n) is 4.92. The Morgan fingerprint density at radius 2 is 1.89 bits per heavy atom. The van der Waals surface area contributed by atoms with Crippen LogP contribution in [0.3, 0.4) is 0 Å². The molecule has 2 aromatic heterocycles. The van der Waals surface area contributed by atoms with E-state index in [-0.39, 0.29) is 33.5 Å². The van der Waals surface area contributed by atoms with Crippen molar-refractivity contribution in [2.75, 3.05) is 24.5 Å². The molecular formula is C28H29ClFN5O2. The molecule has 0 aliphatic carbocycles. The standard InChI is InChI=1S/C28H29ClFN5O2/c1-16-15-31-12-13-34(16)25-17-14-19(29)24(23-20(30)9-7-11-22(23)36)32-26(17)35(27(37)33-25)21-10-6-5-8-18(21)28(2,3)4/h5-11,14,16,31,36H,12-13,15H2,1-4H3/t16-/m0/s1. The van der Waals surface area contributed by atoms with Crippen LogP contribution in [0.2, 0.25) is 5.02 Å². The van der Waals surface area contributed by atoms with Crippen LogP contribution in [0.4, 0.5) is 10.2 Å². The normalized spacial score (nSPS) is 16.4. The molecule has 0 radical (unpaired) electrons. The summed E-state index contributed by atoms with van der Waals surface area (Å²) in [7, 11) is 0. The van der Waals surface area contributed by atoms with E-state index < -0.39 is 11.5 Å². The molecule has 4 aromatic rings. The number of hydrogen-bond donors (Lipinski definition) is 2. The number of rotatable bonds is 3. The number of hydrogen-bond acceptors (Lipinski definition) is 6. The minimum Gasteiger partial charge on any atom is -0.507 e. The summed E-state index contributed by atoms with van der Waals surface area (Å²) >= 11 is 6.68. The summed E-state index contributed by atoms with van der Waals surface area (Å²) in [4.78, 5) is 25.1. The van der Waals surface area contributed by atoms with Gasteiger partial charge in [-0.3, -0.25) is 0 Å². The third kappa shape index (κ3) is 4.45. The van der Waals surface area contributed by atoms with E-state index in [9.17, 15) is 14.3 Å². The number of para-hydroxylation sites is 1. The van der Waals surface area contributed by atoms with Crippen LogP contribution in [0.15, 0.2) is 53.3 Å². The van der Waals surface area contributed by atoms with Gasteiger partial charge in [0, 0.05) is 25.7 Å². The zero-order valence-electron chi connectivity index (χ0n) is 21.2. The van der Waals surface area contributed by atoms with E-state index in [1.807, 2.05) is 24.3 Å². The average Bonchev–Trinajstić information content (AvgIpc) is 2.84. The summed E-state index contributed by atoms with van der Waals surface area (Å²) < 4.78 is 16.4. The molecule has 7 nitrogen and oxygen atoms in total. The van der Waals surface area contributed by atoms with E-state index in [2.05, 4.69) is 42.9 Å². The highest BCUT2D eigenvalue weighted by molar-refractivity contribution is 6.34. The molecule has 0 amide bonds. The molecule has 0 unspecified atom stereocenters. The maximum atomic E-state index is 14.9. The molecule has 1 saturated heterocycles. The Morgan fingerprint density at radius 1 is 1.14 bits per heavy atom. The second kappa shape index (κ2) is 9.43. The van der Waals surface area contributed by atoms with Gasteiger partial charge in [-0.25, -0.2) is 18.7 Å². The Balaban J connectivity index is 1.90. The number of aromatic hydroxyl groups is 1. The second-order valence-electron chi connectivity index (χ2n) is 10.4. The number of phenols is 1. The van der Waals surface area contributed by atoms with Crippen molar-refractivity contribution in [3.05, 3.63) is 75.4 Å². The van der Waals surface area contributed by atoms with Crippen molar-refractivity contribution in [1.82, 2.24) is 19.9 Å². The van der Waals surface area contributed by atoms with Crippen molar-refractivity contribution in [2.24, 2.45) is 0 Å². The van der Waals surface area contributed by atoms with Crippen molar-refractivity contribution < 1.29 is 9.50 Å². The summed E-state index contributed by atoms with van der Waals surface area (Å²) in [5.74, 6) is -0.470. The lowest BCUT2D eigenvalue weighted by Gasteiger charge is -2.35. The van der Waals surface area contributed by atoms with Gasteiger partial charge in [-0.05, 0) is 42.2 Å². The first-order valence-corrected chi connectivity index (χ1v) is 12.6. The zero-order chi connectivity index (χ0) is 26.5. The van der Waals surface area contributed by atoms with E-state index in [4.69, 9.17) is 16.6 Å². The third-order valence-electron chi connectivity index (χ3n) is 6.76. The van der Waals surface area contributed by atoms with Gasteiger partial charge in [0.05, 0.1) is 27.4 Å². The minimum atomic E-state index is -0.664. The van der Waals surface area contributed by atoms with E-state index in [1.54, 1.807) is 6.07 Å². The molecule has 1 aliphatic heterocycles. The van der Waals surface area contributed by atoms with Crippen LogP contribution in [0.25, 0.3) is 28.0 Å². The highest BCUT2D eigenvalue weighted by Gasteiger charge is 2.28. The zero-order valence-corrected chi connectivity index (χ0v) is 22.0. The number of piperazine rings is 1. The minimum absolute atomic E-state index is 0.0525. The first kappa shape index (κ1) is 25.2. The van der Waals surface area contributed by atoms with Crippen LogP contribution in [0.5, 0.6) is 5.75 Å². The topological polar surface area (TPSA) is 83.3 Å². The molecule has 5 rings (SSSR count). The Labute approximate surface area is 219 Å². The van der Waals surface area contributed by atoms with Gasteiger partial charge in [0.15, 0.2) is 5.65 Å². The molecule has 9 heteroatoms. The maximum absolute atomic E-state index is 14.9. The van der Waals surface area contributed by atoms with E-state index in [1.165, 1.54) is 22.8 Å². The molecule has 2 N–H and O–H groups in total. The Hall–Kier alpha value is -3.49. The predicted octanol–water partition coefficient (Wildman–Crippen LogP) is 5.04. The molecule has 1 atom stereocenters. The Morgan fingerprint density at radius 3 is 2.59 bits per heavy atom. The van der Waals surface area contributed by atoms with Crippen LogP contribution < -0.4 is 15.9 Å². The molecule has 1 fully saturated rings. The van der Waals surface area contributed by atoms with Gasteiger partial charge in [0.2, 0.25) is 0 Å². The largest absolute Gasteiger partial charge is 0.507 e. The van der Waals surface area contributed by atoms with Crippen molar-refractivity contribution >= 4 is 28.5 Å². The maximum Gasteiger partial charge on any atom is 0.355 e. The average molecular weight is 522 g/mol. The second-order valence-corrected chi connectivity index (χ2v) is 10.8. The van der Waals surface area contributed by atoms with Crippen LogP contribution in [-0.2, 0) is 5.41 Å². The molecule has 1 aliphatic rings. The Kier molecular flexibility index (Phi) is 6.41. The molecule has 3 heterocycles. The van der Waals surface area contributed by atoms with Gasteiger partial charge in [-0.15, -0.1) is 0 Å². The molecule has 0 saturated carbocycles. The van der Waals surface area contributed by atoms with Gasteiger partial charge >= 0.3 is 5.69 Å². The summed E-state index contributed by atoms with van der Waals surface area (Å²) in [6, 6.07) is 13.4.